The van der Waals surface area contributed by atoms with Crippen molar-refractivity contribution in [3.05, 3.63) is 34.3 Å². The molecule has 2 N–H and O–H groups in total. The molecule has 0 radical (unpaired) electrons. The molecule has 0 saturated carbocycles. The second-order valence-corrected chi connectivity index (χ2v) is 5.72. The summed E-state index contributed by atoms with van der Waals surface area (Å²) in [5.74, 6) is -1.98. The molecule has 1 atom stereocenters. The predicted octanol–water partition coefficient (Wildman–Crippen LogP) is 0.676. The fraction of sp³-hybridized carbons (Fsp3) is 0.438. The van der Waals surface area contributed by atoms with Gasteiger partial charge in [0.15, 0.2) is 5.58 Å². The van der Waals surface area contributed by atoms with E-state index in [1.165, 1.54) is 12.1 Å². The molecule has 8 heteroatoms. The highest BCUT2D eigenvalue weighted by atomic mass is 16.4. The van der Waals surface area contributed by atoms with Gasteiger partial charge in [-0.05, 0) is 24.6 Å². The fourth-order valence-corrected chi connectivity index (χ4v) is 2.98. The molecule has 1 aliphatic rings. The van der Waals surface area contributed by atoms with Gasteiger partial charge in [0.1, 0.15) is 6.04 Å². The highest BCUT2D eigenvalue weighted by Crippen LogP contribution is 2.21. The summed E-state index contributed by atoms with van der Waals surface area (Å²) in [4.78, 5) is 37.8. The lowest BCUT2D eigenvalue weighted by molar-refractivity contribution is -0.141. The molecular weight excluding hydrogens is 314 g/mol. The summed E-state index contributed by atoms with van der Waals surface area (Å²) in [7, 11) is 0. The number of nitrogens with zero attached hydrogens (tertiary/aromatic N) is 2. The lowest BCUT2D eigenvalue weighted by Gasteiger charge is -2.27. The van der Waals surface area contributed by atoms with E-state index >= 15 is 0 Å². The molecule has 2 heterocycles. The molecule has 8 nitrogen and oxygen atoms in total. The molecule has 1 saturated heterocycles. The van der Waals surface area contributed by atoms with Gasteiger partial charge < -0.3 is 19.7 Å². The summed E-state index contributed by atoms with van der Waals surface area (Å²) in [6.45, 7) is 4.38. The first-order valence-electron chi connectivity index (χ1n) is 7.90. The summed E-state index contributed by atoms with van der Waals surface area (Å²) in [6.07, 6.45) is 0.236. The maximum Gasteiger partial charge on any atom is 0.420 e. The lowest BCUT2D eigenvalue weighted by Crippen LogP contribution is -2.46. The van der Waals surface area contributed by atoms with Crippen LogP contribution in [-0.2, 0) is 4.79 Å². The Morgan fingerprint density at radius 2 is 2.04 bits per heavy atom. The Morgan fingerprint density at radius 1 is 1.33 bits per heavy atom. The van der Waals surface area contributed by atoms with Gasteiger partial charge in [0.2, 0.25) is 0 Å². The molecule has 1 amide bonds. The molecule has 24 heavy (non-hydrogen) atoms. The summed E-state index contributed by atoms with van der Waals surface area (Å²) in [6, 6.07) is 3.65. The van der Waals surface area contributed by atoms with Gasteiger partial charge in [0.25, 0.3) is 5.91 Å². The number of hydrogen-bond acceptors (Lipinski definition) is 5. The van der Waals surface area contributed by atoms with E-state index in [4.69, 9.17) is 4.42 Å². The minimum absolute atomic E-state index is 0.137. The van der Waals surface area contributed by atoms with Crippen LogP contribution in [0.5, 0.6) is 0 Å². The van der Waals surface area contributed by atoms with Crippen molar-refractivity contribution in [2.75, 3.05) is 26.2 Å². The second kappa shape index (κ2) is 6.48. The van der Waals surface area contributed by atoms with E-state index in [-0.39, 0.29) is 17.9 Å². The minimum Gasteiger partial charge on any atom is -0.480 e. The average Bonchev–Trinajstić information content (AvgIpc) is 2.91. The molecule has 1 aliphatic heterocycles. The topological polar surface area (TPSA) is 105 Å². The number of amides is 1. The smallest absolute Gasteiger partial charge is 0.420 e. The molecule has 128 valence electrons. The van der Waals surface area contributed by atoms with Crippen LogP contribution in [-0.4, -0.2) is 52.6 Å². The molecule has 1 aromatic carbocycles. The van der Waals surface area contributed by atoms with E-state index in [1.54, 1.807) is 17.9 Å². The van der Waals surface area contributed by atoms with Gasteiger partial charge in [-0.25, -0.2) is 9.59 Å². The van der Waals surface area contributed by atoms with Crippen LogP contribution in [0, 0.1) is 0 Å². The third-order valence-corrected chi connectivity index (χ3v) is 4.25. The van der Waals surface area contributed by atoms with Crippen LogP contribution in [0.1, 0.15) is 29.7 Å². The third-order valence-electron chi connectivity index (χ3n) is 4.25. The standard InChI is InChI=1S/C16H19N3O5/c1-2-11(15(21)22)19-12-9-10(3-4-13(12)24-16(19)23)14(20)18-7-5-17-6-8-18/h3-4,9,11,17H,2,5-8H2,1H3,(H,21,22). The molecule has 0 bridgehead atoms. The Balaban J connectivity index is 2.05. The first-order valence-corrected chi connectivity index (χ1v) is 7.90. The quantitative estimate of drug-likeness (QED) is 0.852. The number of benzene rings is 1. The zero-order valence-electron chi connectivity index (χ0n) is 13.3. The fourth-order valence-electron chi connectivity index (χ4n) is 2.98. The van der Waals surface area contributed by atoms with Gasteiger partial charge in [-0.1, -0.05) is 6.92 Å². The summed E-state index contributed by atoms with van der Waals surface area (Å²) in [5, 5.41) is 12.5. The number of carboxylic acids is 1. The molecular formula is C16H19N3O5. The highest BCUT2D eigenvalue weighted by molar-refractivity contribution is 5.97. The Kier molecular flexibility index (Phi) is 4.39. The number of aliphatic carboxylic acids is 1. The molecule has 3 rings (SSSR count). The van der Waals surface area contributed by atoms with Gasteiger partial charge in [-0.3, -0.25) is 9.36 Å². The predicted molar refractivity (Wildman–Crippen MR) is 86.2 cm³/mol. The van der Waals surface area contributed by atoms with Crippen LogP contribution in [0.25, 0.3) is 11.1 Å². The summed E-state index contributed by atoms with van der Waals surface area (Å²) in [5.41, 5.74) is 1.02. The zero-order valence-corrected chi connectivity index (χ0v) is 13.3. The Hall–Kier alpha value is -2.61. The summed E-state index contributed by atoms with van der Waals surface area (Å²) >= 11 is 0. The van der Waals surface area contributed by atoms with Crippen LogP contribution in [0.15, 0.2) is 27.4 Å². The highest BCUT2D eigenvalue weighted by Gasteiger charge is 2.25. The number of hydrogen-bond donors (Lipinski definition) is 2. The van der Waals surface area contributed by atoms with Gasteiger partial charge in [-0.2, -0.15) is 0 Å². The van der Waals surface area contributed by atoms with Gasteiger partial charge in [-0.15, -0.1) is 0 Å². The minimum atomic E-state index is -1.11. The SMILES string of the molecule is CCC(C(=O)O)n1c(=O)oc2ccc(C(=O)N3CCNCC3)cc21. The molecule has 0 aliphatic carbocycles. The van der Waals surface area contributed by atoms with Crippen molar-refractivity contribution in [3.8, 4) is 0 Å². The lowest BCUT2D eigenvalue weighted by atomic mass is 10.1. The van der Waals surface area contributed by atoms with Crippen LogP contribution in [0.3, 0.4) is 0 Å². The van der Waals surface area contributed by atoms with Gasteiger partial charge in [0.05, 0.1) is 5.52 Å². The number of piperazine rings is 1. The van der Waals surface area contributed by atoms with E-state index in [0.29, 0.717) is 24.2 Å². The average molecular weight is 333 g/mol. The molecule has 2 aromatic rings. The number of nitrogens with one attached hydrogen (secondary N) is 1. The normalized spacial score (nSPS) is 16.3. The monoisotopic (exact) mass is 333 g/mol. The van der Waals surface area contributed by atoms with Crippen molar-refractivity contribution in [1.82, 2.24) is 14.8 Å². The number of aromatic nitrogens is 1. The maximum atomic E-state index is 12.6. The Morgan fingerprint density at radius 3 is 2.67 bits per heavy atom. The summed E-state index contributed by atoms with van der Waals surface area (Å²) < 4.78 is 6.22. The largest absolute Gasteiger partial charge is 0.480 e. The molecule has 0 spiro atoms. The molecule has 1 fully saturated rings. The van der Waals surface area contributed by atoms with Gasteiger partial charge >= 0.3 is 11.7 Å². The number of carbonyl (C=O) groups is 2. The number of rotatable bonds is 4. The molecule has 1 aromatic heterocycles. The Bertz CT molecular complexity index is 832. The number of carboxylic acid groups (broad SMARTS) is 1. The third kappa shape index (κ3) is 2.80. The van der Waals surface area contributed by atoms with Crippen LogP contribution in [0.4, 0.5) is 0 Å². The first-order chi connectivity index (χ1) is 11.5. The van der Waals surface area contributed by atoms with Crippen molar-refractivity contribution < 1.29 is 19.1 Å². The molecule has 1 unspecified atom stereocenters. The van der Waals surface area contributed by atoms with E-state index in [0.717, 1.165) is 17.7 Å². The van der Waals surface area contributed by atoms with Crippen LogP contribution in [0.2, 0.25) is 0 Å². The van der Waals surface area contributed by atoms with Crippen molar-refractivity contribution in [2.45, 2.75) is 19.4 Å². The van der Waals surface area contributed by atoms with Crippen molar-refractivity contribution in [2.24, 2.45) is 0 Å². The maximum absolute atomic E-state index is 12.6. The first kappa shape index (κ1) is 16.3. The van der Waals surface area contributed by atoms with Crippen LogP contribution >= 0.6 is 0 Å². The van der Waals surface area contributed by atoms with Crippen molar-refractivity contribution >= 4 is 23.0 Å². The number of carbonyl (C=O) groups excluding carboxylic acids is 1. The van der Waals surface area contributed by atoms with E-state index in [9.17, 15) is 19.5 Å². The number of fused-ring (bicyclic) bond motifs is 1. The second-order valence-electron chi connectivity index (χ2n) is 5.72. The zero-order chi connectivity index (χ0) is 17.3. The Labute approximate surface area is 137 Å². The van der Waals surface area contributed by atoms with Crippen molar-refractivity contribution in [3.63, 3.8) is 0 Å². The van der Waals surface area contributed by atoms with E-state index in [1.807, 2.05) is 0 Å². The van der Waals surface area contributed by atoms with Gasteiger partial charge in [0, 0.05) is 31.7 Å². The van der Waals surface area contributed by atoms with E-state index < -0.39 is 17.8 Å². The van der Waals surface area contributed by atoms with Crippen molar-refractivity contribution in [1.29, 1.82) is 0 Å². The van der Waals surface area contributed by atoms with Crippen LogP contribution < -0.4 is 11.1 Å². The number of oxazole rings is 1. The van der Waals surface area contributed by atoms with E-state index in [2.05, 4.69) is 5.32 Å².